The van der Waals surface area contributed by atoms with Crippen LogP contribution in [-0.2, 0) is 14.3 Å². The molecule has 4 aliphatic carbocycles. The minimum atomic E-state index is -0.364. The average molecular weight is 881 g/mol. The van der Waals surface area contributed by atoms with Gasteiger partial charge in [0.1, 0.15) is 6.10 Å². The number of hydrogen-bond acceptors (Lipinski definition) is 5. The van der Waals surface area contributed by atoms with E-state index in [1.807, 2.05) is 0 Å². The molecule has 0 aliphatic heterocycles. The van der Waals surface area contributed by atoms with Gasteiger partial charge >= 0.3 is 6.09 Å². The number of unbranched alkanes of at least 4 members (excludes halogenated alkanes) is 15. The number of carbonyl (C=O) groups excluding carboxylic acids is 3. The van der Waals surface area contributed by atoms with Crippen molar-refractivity contribution in [3.8, 4) is 0 Å². The van der Waals surface area contributed by atoms with Crippen molar-refractivity contribution in [1.82, 2.24) is 15.5 Å². The highest BCUT2D eigenvalue weighted by Crippen LogP contribution is 2.67. The van der Waals surface area contributed by atoms with Crippen molar-refractivity contribution in [3.05, 3.63) is 11.6 Å². The van der Waals surface area contributed by atoms with Gasteiger partial charge in [0.25, 0.3) is 0 Å². The van der Waals surface area contributed by atoms with E-state index in [1.165, 1.54) is 140 Å². The normalized spacial score (nSPS) is 26.9. The zero-order valence-electron chi connectivity index (χ0n) is 42.0. The summed E-state index contributed by atoms with van der Waals surface area (Å²) in [5.41, 5.74) is 7.87. The Morgan fingerprint density at radius 2 is 1.38 bits per heavy atom. The molecule has 0 unspecified atom stereocenters. The van der Waals surface area contributed by atoms with E-state index in [2.05, 4.69) is 58.3 Å². The third-order valence-corrected chi connectivity index (χ3v) is 17.0. The molecular weight excluding hydrogens is 781 g/mol. The fraction of sp³-hybridized carbons (Fsp3) is 0.909. The number of nitrogens with two attached hydrogens (primary N) is 1. The molecule has 4 aliphatic rings. The quantitative estimate of drug-likeness (QED) is 0.0460. The molecule has 364 valence electrons. The van der Waals surface area contributed by atoms with Gasteiger partial charge in [-0.2, -0.15) is 0 Å². The molecule has 0 saturated heterocycles. The molecule has 3 amide bonds. The van der Waals surface area contributed by atoms with Crippen LogP contribution in [0.4, 0.5) is 4.79 Å². The molecular formula is C55H100N4O4. The Labute approximate surface area is 388 Å². The zero-order chi connectivity index (χ0) is 45.5. The number of nitrogens with zero attached hydrogens (tertiary/aromatic N) is 1. The monoisotopic (exact) mass is 881 g/mol. The molecule has 3 fully saturated rings. The molecule has 0 spiro atoms. The first kappa shape index (κ1) is 53.5. The first-order valence-corrected chi connectivity index (χ1v) is 27.3. The summed E-state index contributed by atoms with van der Waals surface area (Å²) in [6, 6.07) is 0. The molecule has 8 atom stereocenters. The van der Waals surface area contributed by atoms with Crippen molar-refractivity contribution in [2.75, 3.05) is 32.7 Å². The summed E-state index contributed by atoms with van der Waals surface area (Å²) in [5, 5.41) is 5.88. The first-order chi connectivity index (χ1) is 30.4. The summed E-state index contributed by atoms with van der Waals surface area (Å²) < 4.78 is 6.06. The summed E-state index contributed by atoms with van der Waals surface area (Å²) in [4.78, 5) is 40.8. The number of amides is 3. The van der Waals surface area contributed by atoms with E-state index >= 15 is 0 Å². The van der Waals surface area contributed by atoms with E-state index < -0.39 is 0 Å². The number of ether oxygens (including phenoxy) is 1. The maximum atomic E-state index is 13.3. The molecule has 8 nitrogen and oxygen atoms in total. The van der Waals surface area contributed by atoms with E-state index in [1.54, 1.807) is 4.90 Å². The van der Waals surface area contributed by atoms with Gasteiger partial charge in [-0.3, -0.25) is 9.59 Å². The highest BCUT2D eigenvalue weighted by atomic mass is 16.6. The van der Waals surface area contributed by atoms with Gasteiger partial charge < -0.3 is 26.0 Å². The fourth-order valence-electron chi connectivity index (χ4n) is 13.2. The molecule has 0 aromatic carbocycles. The largest absolute Gasteiger partial charge is 0.446 e. The Bertz CT molecular complexity index is 1350. The van der Waals surface area contributed by atoms with Crippen LogP contribution in [0.1, 0.15) is 234 Å². The lowest BCUT2D eigenvalue weighted by Crippen LogP contribution is -2.51. The Morgan fingerprint density at radius 3 is 2.02 bits per heavy atom. The minimum Gasteiger partial charge on any atom is -0.446 e. The van der Waals surface area contributed by atoms with Crippen molar-refractivity contribution in [2.45, 2.75) is 240 Å². The van der Waals surface area contributed by atoms with Crippen LogP contribution in [0, 0.1) is 46.3 Å². The summed E-state index contributed by atoms with van der Waals surface area (Å²) in [7, 11) is 0. The summed E-state index contributed by atoms with van der Waals surface area (Å²) in [5.74, 6) is 4.77. The van der Waals surface area contributed by atoms with Gasteiger partial charge in [-0.1, -0.05) is 169 Å². The van der Waals surface area contributed by atoms with Gasteiger partial charge in [0.2, 0.25) is 11.8 Å². The summed E-state index contributed by atoms with van der Waals surface area (Å²) in [6.45, 7) is 16.7. The molecule has 0 bridgehead atoms. The number of fused-ring (bicyclic) bond motifs is 5. The van der Waals surface area contributed by atoms with E-state index in [9.17, 15) is 14.4 Å². The molecule has 8 heteroatoms. The summed E-state index contributed by atoms with van der Waals surface area (Å²) >= 11 is 0. The lowest BCUT2D eigenvalue weighted by molar-refractivity contribution is -0.136. The van der Waals surface area contributed by atoms with Gasteiger partial charge in [0, 0.05) is 32.5 Å². The molecule has 0 heterocycles. The van der Waals surface area contributed by atoms with Gasteiger partial charge in [-0.05, 0) is 117 Å². The Morgan fingerprint density at radius 1 is 0.746 bits per heavy atom. The SMILES string of the molecule is CCCCCCCCCCCCCCCCCCC(=O)N(CCCNC(=O)O[C@H]1CC[C@@]2(C)C(=CC[C@H]3[C@@H]4CC[C@H]([C@H](C)CCCC(C)C)[C@@]4(C)CC[C@@H]32)C1)CC(=O)NCCCN. The smallest absolute Gasteiger partial charge is 0.407 e. The van der Waals surface area contributed by atoms with Gasteiger partial charge in [0.15, 0.2) is 0 Å². The van der Waals surface area contributed by atoms with Crippen LogP contribution in [-0.4, -0.2) is 61.6 Å². The topological polar surface area (TPSA) is 114 Å². The highest BCUT2D eigenvalue weighted by molar-refractivity contribution is 5.84. The van der Waals surface area contributed by atoms with Crippen molar-refractivity contribution < 1.29 is 19.1 Å². The van der Waals surface area contributed by atoms with Crippen LogP contribution in [0.25, 0.3) is 0 Å². The predicted molar refractivity (Wildman–Crippen MR) is 263 cm³/mol. The predicted octanol–water partition coefficient (Wildman–Crippen LogP) is 13.5. The van der Waals surface area contributed by atoms with E-state index in [-0.39, 0.29) is 36.0 Å². The number of nitrogens with one attached hydrogen (secondary N) is 2. The number of carbonyl (C=O) groups is 3. The van der Waals surface area contributed by atoms with Crippen LogP contribution in [0.3, 0.4) is 0 Å². The first-order valence-electron chi connectivity index (χ1n) is 27.3. The van der Waals surface area contributed by atoms with E-state index in [4.69, 9.17) is 10.5 Å². The molecule has 3 saturated carbocycles. The van der Waals surface area contributed by atoms with E-state index in [0.717, 1.165) is 74.0 Å². The maximum Gasteiger partial charge on any atom is 0.407 e. The molecule has 0 radical (unpaired) electrons. The zero-order valence-corrected chi connectivity index (χ0v) is 42.0. The van der Waals surface area contributed by atoms with Crippen molar-refractivity contribution in [3.63, 3.8) is 0 Å². The van der Waals surface area contributed by atoms with Crippen LogP contribution in [0.15, 0.2) is 11.6 Å². The average Bonchev–Trinajstić information content (AvgIpc) is 3.62. The van der Waals surface area contributed by atoms with Crippen LogP contribution in [0.5, 0.6) is 0 Å². The fourth-order valence-corrected chi connectivity index (χ4v) is 13.2. The lowest BCUT2D eigenvalue weighted by atomic mass is 9.47. The Balaban J connectivity index is 1.13. The number of allylic oxidation sites excluding steroid dienone is 1. The third kappa shape index (κ3) is 17.3. The Kier molecular flexibility index (Phi) is 24.5. The standard InChI is InChI=1S/C55H100N4O4/c1-7-8-9-10-11-12-13-14-15-16-17-18-19-20-21-22-28-52(61)59(42-51(60)57-38-24-37-56)40-25-39-58-53(62)63-46-33-35-54(5)45(41-46)29-30-47-49-32-31-48(44(4)27-23-26-43(2)3)55(49,6)36-34-50(47)54/h29,43-44,46-50H,7-28,30-42,56H2,1-6H3,(H,57,60)(H,58,62)/t44-,46+,47+,48-,49+,50+,54+,55-/m1/s1. The molecule has 4 N–H and O–H groups in total. The number of alkyl carbamates (subject to hydrolysis) is 1. The molecule has 63 heavy (non-hydrogen) atoms. The lowest BCUT2D eigenvalue weighted by Gasteiger charge is -2.58. The second-order valence-corrected chi connectivity index (χ2v) is 22.2. The molecule has 4 rings (SSSR count). The van der Waals surface area contributed by atoms with Crippen LogP contribution >= 0.6 is 0 Å². The Hall–Kier alpha value is -2.09. The minimum absolute atomic E-state index is 0.0205. The number of rotatable bonds is 32. The van der Waals surface area contributed by atoms with E-state index in [0.29, 0.717) is 50.9 Å². The molecule has 0 aromatic rings. The van der Waals surface area contributed by atoms with Gasteiger partial charge in [0.05, 0.1) is 6.54 Å². The van der Waals surface area contributed by atoms with Crippen molar-refractivity contribution >= 4 is 17.9 Å². The molecule has 0 aromatic heterocycles. The van der Waals surface area contributed by atoms with Crippen molar-refractivity contribution in [2.24, 2.45) is 52.1 Å². The maximum absolute atomic E-state index is 13.3. The third-order valence-electron chi connectivity index (χ3n) is 17.0. The second-order valence-electron chi connectivity index (χ2n) is 22.2. The van der Waals surface area contributed by atoms with Gasteiger partial charge in [-0.25, -0.2) is 4.79 Å². The van der Waals surface area contributed by atoms with Crippen molar-refractivity contribution in [1.29, 1.82) is 0 Å². The summed E-state index contributed by atoms with van der Waals surface area (Å²) in [6.07, 6.45) is 38.4. The highest BCUT2D eigenvalue weighted by Gasteiger charge is 2.59. The van der Waals surface area contributed by atoms with Gasteiger partial charge in [-0.15, -0.1) is 0 Å². The second kappa shape index (κ2) is 28.8. The number of hydrogen-bond donors (Lipinski definition) is 3. The van der Waals surface area contributed by atoms with Crippen LogP contribution < -0.4 is 16.4 Å². The van der Waals surface area contributed by atoms with Crippen LogP contribution in [0.2, 0.25) is 0 Å².